The number of hydrogen-bond donors (Lipinski definition) is 3. The van der Waals surface area contributed by atoms with Crippen molar-refractivity contribution < 1.29 is 14.0 Å². The molecule has 1 atom stereocenters. The summed E-state index contributed by atoms with van der Waals surface area (Å²) in [5, 5.41) is 21.0. The van der Waals surface area contributed by atoms with Gasteiger partial charge in [-0.3, -0.25) is 19.6 Å². The van der Waals surface area contributed by atoms with Gasteiger partial charge in [-0.2, -0.15) is 0 Å². The Morgan fingerprint density at radius 2 is 1.57 bits per heavy atom. The molecular weight excluding hydrogens is 381 g/mol. The molecule has 2 rings (SSSR count). The molecule has 1 aliphatic heterocycles. The van der Waals surface area contributed by atoms with E-state index in [2.05, 4.69) is 20.9 Å². The summed E-state index contributed by atoms with van der Waals surface area (Å²) in [5.74, 6) is 0. The molecule has 3 N–H and O–H groups in total. The SMILES string of the molecule is CCOP(=O)(Cc1ccc([N+](=O)[O-])cc1)CN1CCNCCNCCNCC1. The third-order valence-electron chi connectivity index (χ3n) is 4.52. The molecule has 1 unspecified atom stereocenters. The van der Waals surface area contributed by atoms with Crippen molar-refractivity contribution in [1.29, 1.82) is 0 Å². The Hall–Kier alpha value is -1.35. The van der Waals surface area contributed by atoms with Crippen LogP contribution < -0.4 is 16.0 Å². The minimum absolute atomic E-state index is 0.0321. The highest BCUT2D eigenvalue weighted by atomic mass is 31.2. The van der Waals surface area contributed by atoms with Gasteiger partial charge in [0.15, 0.2) is 0 Å². The number of non-ortho nitro benzene ring substituents is 1. The van der Waals surface area contributed by atoms with Crippen molar-refractivity contribution in [1.82, 2.24) is 20.9 Å². The summed E-state index contributed by atoms with van der Waals surface area (Å²) in [7, 11) is -2.94. The van der Waals surface area contributed by atoms with Crippen LogP contribution in [0.15, 0.2) is 24.3 Å². The van der Waals surface area contributed by atoms with E-state index < -0.39 is 12.3 Å². The lowest BCUT2D eigenvalue weighted by molar-refractivity contribution is -0.384. The van der Waals surface area contributed by atoms with Gasteiger partial charge in [-0.25, -0.2) is 0 Å². The maximum absolute atomic E-state index is 13.5. The van der Waals surface area contributed by atoms with E-state index in [1.54, 1.807) is 12.1 Å². The third kappa shape index (κ3) is 8.34. The van der Waals surface area contributed by atoms with Crippen molar-refractivity contribution in [2.24, 2.45) is 0 Å². The molecule has 0 saturated carbocycles. The lowest BCUT2D eigenvalue weighted by Crippen LogP contribution is -2.42. The standard InChI is InChI=1S/C18H32N5O4P/c1-2-27-28(26,15-17-3-5-18(6-4-17)23(24)25)16-22-13-11-20-9-7-19-8-10-21-12-14-22/h3-6,19-21H,2,7-16H2,1H3. The number of hydrogen-bond acceptors (Lipinski definition) is 8. The monoisotopic (exact) mass is 413 g/mol. The molecule has 1 aromatic rings. The molecule has 1 aliphatic rings. The molecule has 10 heteroatoms. The molecule has 1 saturated heterocycles. The first-order valence-corrected chi connectivity index (χ1v) is 11.8. The van der Waals surface area contributed by atoms with E-state index in [1.807, 2.05) is 6.92 Å². The zero-order valence-electron chi connectivity index (χ0n) is 16.6. The molecule has 0 bridgehead atoms. The van der Waals surface area contributed by atoms with Crippen LogP contribution in [0.1, 0.15) is 12.5 Å². The maximum atomic E-state index is 13.5. The fraction of sp³-hybridized carbons (Fsp3) is 0.667. The Labute approximate surface area is 166 Å². The van der Waals surface area contributed by atoms with Crippen LogP contribution in [-0.4, -0.2) is 75.1 Å². The molecular formula is C18H32N5O4P. The summed E-state index contributed by atoms with van der Waals surface area (Å²) in [6.45, 7) is 9.11. The average molecular weight is 413 g/mol. The first-order valence-electron chi connectivity index (χ1n) is 9.83. The molecule has 0 radical (unpaired) electrons. The van der Waals surface area contributed by atoms with Crippen LogP contribution in [0.25, 0.3) is 0 Å². The van der Waals surface area contributed by atoms with Gasteiger partial charge in [-0.1, -0.05) is 12.1 Å². The largest absolute Gasteiger partial charge is 0.328 e. The molecule has 0 aliphatic carbocycles. The van der Waals surface area contributed by atoms with Crippen molar-refractivity contribution in [2.75, 3.05) is 65.3 Å². The van der Waals surface area contributed by atoms with Crippen LogP contribution in [-0.2, 0) is 15.3 Å². The van der Waals surface area contributed by atoms with Crippen LogP contribution in [0.4, 0.5) is 5.69 Å². The quantitative estimate of drug-likeness (QED) is 0.350. The molecule has 28 heavy (non-hydrogen) atoms. The zero-order valence-corrected chi connectivity index (χ0v) is 17.5. The van der Waals surface area contributed by atoms with Gasteiger partial charge in [0, 0.05) is 64.5 Å². The van der Waals surface area contributed by atoms with Gasteiger partial charge >= 0.3 is 0 Å². The number of nitrogens with zero attached hydrogens (tertiary/aromatic N) is 2. The number of nitro groups is 1. The minimum Gasteiger partial charge on any atom is -0.328 e. The Balaban J connectivity index is 2.01. The predicted molar refractivity (Wildman–Crippen MR) is 111 cm³/mol. The van der Waals surface area contributed by atoms with Crippen molar-refractivity contribution in [3.63, 3.8) is 0 Å². The van der Waals surface area contributed by atoms with Crippen molar-refractivity contribution in [2.45, 2.75) is 13.1 Å². The van der Waals surface area contributed by atoms with Gasteiger partial charge in [-0.05, 0) is 12.5 Å². The van der Waals surface area contributed by atoms with Gasteiger partial charge in [0.25, 0.3) is 5.69 Å². The molecule has 9 nitrogen and oxygen atoms in total. The molecule has 1 fully saturated rings. The predicted octanol–water partition coefficient (Wildman–Crippen LogP) is 1.45. The van der Waals surface area contributed by atoms with Crippen LogP contribution >= 0.6 is 7.37 Å². The number of rotatable bonds is 7. The summed E-state index contributed by atoms with van der Waals surface area (Å²) >= 11 is 0. The molecule has 1 heterocycles. The van der Waals surface area contributed by atoms with E-state index in [-0.39, 0.29) is 11.8 Å². The Bertz CT molecular complexity index is 631. The fourth-order valence-corrected chi connectivity index (χ4v) is 5.54. The highest BCUT2D eigenvalue weighted by molar-refractivity contribution is 7.58. The van der Waals surface area contributed by atoms with E-state index in [0.29, 0.717) is 12.9 Å². The number of nitro benzene ring substituents is 1. The summed E-state index contributed by atoms with van der Waals surface area (Å²) in [4.78, 5) is 12.6. The van der Waals surface area contributed by atoms with E-state index in [0.717, 1.165) is 57.9 Å². The number of benzene rings is 1. The normalized spacial score (nSPS) is 19.9. The minimum atomic E-state index is -2.94. The Morgan fingerprint density at radius 3 is 2.07 bits per heavy atom. The van der Waals surface area contributed by atoms with Crippen molar-refractivity contribution in [3.05, 3.63) is 39.9 Å². The van der Waals surface area contributed by atoms with E-state index in [4.69, 9.17) is 4.52 Å². The van der Waals surface area contributed by atoms with Crippen LogP contribution in [0.5, 0.6) is 0 Å². The van der Waals surface area contributed by atoms with Gasteiger partial charge < -0.3 is 20.5 Å². The molecule has 0 aromatic heterocycles. The highest BCUT2D eigenvalue weighted by Crippen LogP contribution is 2.50. The molecule has 0 amide bonds. The summed E-state index contributed by atoms with van der Waals surface area (Å²) in [5.41, 5.74) is 0.823. The van der Waals surface area contributed by atoms with Gasteiger partial charge in [0.2, 0.25) is 7.37 Å². The molecule has 1 aromatic carbocycles. The second-order valence-corrected chi connectivity index (χ2v) is 9.31. The summed E-state index contributed by atoms with van der Waals surface area (Å²) in [6.07, 6.45) is 0.652. The smallest absolute Gasteiger partial charge is 0.269 e. The molecule has 0 spiro atoms. The third-order valence-corrected chi connectivity index (χ3v) is 6.92. The van der Waals surface area contributed by atoms with Crippen LogP contribution in [0, 0.1) is 10.1 Å². The van der Waals surface area contributed by atoms with E-state index in [9.17, 15) is 14.7 Å². The highest BCUT2D eigenvalue weighted by Gasteiger charge is 2.27. The van der Waals surface area contributed by atoms with Gasteiger partial charge in [0.05, 0.1) is 24.0 Å². The lowest BCUT2D eigenvalue weighted by atomic mass is 10.2. The second-order valence-electron chi connectivity index (χ2n) is 6.82. The summed E-state index contributed by atoms with van der Waals surface area (Å²) in [6, 6.07) is 6.22. The lowest BCUT2D eigenvalue weighted by Gasteiger charge is -2.28. The van der Waals surface area contributed by atoms with Crippen LogP contribution in [0.3, 0.4) is 0 Å². The topological polar surface area (TPSA) is 109 Å². The Kier molecular flexibility index (Phi) is 10.0. The van der Waals surface area contributed by atoms with Crippen LogP contribution in [0.2, 0.25) is 0 Å². The van der Waals surface area contributed by atoms with Gasteiger partial charge in [-0.15, -0.1) is 0 Å². The zero-order chi connectivity index (χ0) is 20.2. The first-order chi connectivity index (χ1) is 13.5. The maximum Gasteiger partial charge on any atom is 0.269 e. The Morgan fingerprint density at radius 1 is 1.04 bits per heavy atom. The molecule has 158 valence electrons. The van der Waals surface area contributed by atoms with E-state index >= 15 is 0 Å². The first kappa shape index (κ1) is 22.9. The van der Waals surface area contributed by atoms with E-state index in [1.165, 1.54) is 12.1 Å². The average Bonchev–Trinajstić information content (AvgIpc) is 2.64. The van der Waals surface area contributed by atoms with Crippen molar-refractivity contribution in [3.8, 4) is 0 Å². The van der Waals surface area contributed by atoms with Crippen molar-refractivity contribution >= 4 is 13.1 Å². The van der Waals surface area contributed by atoms with Gasteiger partial charge in [0.1, 0.15) is 0 Å². The fourth-order valence-electron chi connectivity index (χ4n) is 3.13. The number of nitrogens with one attached hydrogen (secondary N) is 3. The summed E-state index contributed by atoms with van der Waals surface area (Å²) < 4.78 is 19.2. The second kappa shape index (κ2) is 12.3.